The summed E-state index contributed by atoms with van der Waals surface area (Å²) in [5.74, 6) is 0.757. The summed E-state index contributed by atoms with van der Waals surface area (Å²) in [6.07, 6.45) is 4.16. The van der Waals surface area contributed by atoms with Crippen molar-refractivity contribution in [1.82, 2.24) is 9.97 Å². The Labute approximate surface area is 139 Å². The van der Waals surface area contributed by atoms with Crippen LogP contribution in [-0.4, -0.2) is 27.6 Å². The largest absolute Gasteiger partial charge is 0.481 e. The molecule has 0 unspecified atom stereocenters. The standard InChI is InChI=1S/C18H19N3O3/c22-16(23)9-5-2-6-10-19-17-14-11-15(13-7-3-1-4-8-13)24-18(14)21-12-20-17/h1,3-4,7-8,11-12H,2,5-6,9-10H2,(H,22,23)(H,19,20,21). The normalized spacial score (nSPS) is 10.8. The number of benzene rings is 1. The van der Waals surface area contributed by atoms with Gasteiger partial charge >= 0.3 is 5.97 Å². The lowest BCUT2D eigenvalue weighted by Gasteiger charge is -2.05. The molecule has 0 aliphatic carbocycles. The van der Waals surface area contributed by atoms with Crippen LogP contribution in [0.25, 0.3) is 22.4 Å². The van der Waals surface area contributed by atoms with Crippen molar-refractivity contribution in [3.05, 3.63) is 42.7 Å². The molecule has 6 heteroatoms. The molecule has 2 aromatic heterocycles. The van der Waals surface area contributed by atoms with Crippen LogP contribution in [0.3, 0.4) is 0 Å². The summed E-state index contributed by atoms with van der Waals surface area (Å²) in [7, 11) is 0. The van der Waals surface area contributed by atoms with Crippen molar-refractivity contribution in [2.45, 2.75) is 25.7 Å². The second-order valence-electron chi connectivity index (χ2n) is 5.55. The maximum absolute atomic E-state index is 10.5. The number of rotatable bonds is 8. The fourth-order valence-corrected chi connectivity index (χ4v) is 2.53. The van der Waals surface area contributed by atoms with Gasteiger partial charge in [-0.1, -0.05) is 36.8 Å². The molecule has 0 fully saturated rings. The number of furan rings is 1. The van der Waals surface area contributed by atoms with E-state index in [0.717, 1.165) is 41.9 Å². The third-order valence-electron chi connectivity index (χ3n) is 3.75. The smallest absolute Gasteiger partial charge is 0.303 e. The Morgan fingerprint density at radius 3 is 2.75 bits per heavy atom. The summed E-state index contributed by atoms with van der Waals surface area (Å²) < 4.78 is 5.81. The molecule has 0 saturated carbocycles. The van der Waals surface area contributed by atoms with Gasteiger partial charge in [0.1, 0.15) is 17.9 Å². The van der Waals surface area contributed by atoms with E-state index in [9.17, 15) is 4.79 Å². The van der Waals surface area contributed by atoms with E-state index in [-0.39, 0.29) is 6.42 Å². The highest BCUT2D eigenvalue weighted by molar-refractivity contribution is 5.89. The van der Waals surface area contributed by atoms with Crippen LogP contribution in [0.4, 0.5) is 5.82 Å². The highest BCUT2D eigenvalue weighted by Crippen LogP contribution is 2.29. The SMILES string of the molecule is O=C(O)CCCCCNc1ncnc2oc(-c3ccccc3)cc12. The number of unbranched alkanes of at least 4 members (excludes halogenated alkanes) is 2. The molecule has 3 rings (SSSR count). The first-order valence-electron chi connectivity index (χ1n) is 7.99. The average molecular weight is 325 g/mol. The predicted molar refractivity (Wildman–Crippen MR) is 91.8 cm³/mol. The van der Waals surface area contributed by atoms with Crippen LogP contribution in [0.15, 0.2) is 47.1 Å². The summed E-state index contributed by atoms with van der Waals surface area (Å²) in [4.78, 5) is 18.9. The number of nitrogens with zero attached hydrogens (tertiary/aromatic N) is 2. The number of fused-ring (bicyclic) bond motifs is 1. The topological polar surface area (TPSA) is 88.2 Å². The summed E-state index contributed by atoms with van der Waals surface area (Å²) in [6.45, 7) is 0.734. The van der Waals surface area contributed by atoms with Gasteiger partial charge in [-0.15, -0.1) is 0 Å². The second kappa shape index (κ2) is 7.59. The molecule has 0 amide bonds. The Balaban J connectivity index is 1.66. The van der Waals surface area contributed by atoms with E-state index >= 15 is 0 Å². The minimum atomic E-state index is -0.743. The molecular weight excluding hydrogens is 306 g/mol. The van der Waals surface area contributed by atoms with Gasteiger partial charge in [-0.25, -0.2) is 9.97 Å². The van der Waals surface area contributed by atoms with E-state index in [1.165, 1.54) is 6.33 Å². The quantitative estimate of drug-likeness (QED) is 0.610. The highest BCUT2D eigenvalue weighted by Gasteiger charge is 2.11. The molecule has 0 radical (unpaired) electrons. The maximum atomic E-state index is 10.5. The molecule has 1 aromatic carbocycles. The highest BCUT2D eigenvalue weighted by atomic mass is 16.4. The van der Waals surface area contributed by atoms with Crippen LogP contribution in [0.1, 0.15) is 25.7 Å². The lowest BCUT2D eigenvalue weighted by Crippen LogP contribution is -2.04. The van der Waals surface area contributed by atoms with Gasteiger partial charge in [-0.05, 0) is 18.9 Å². The minimum Gasteiger partial charge on any atom is -0.481 e. The molecule has 124 valence electrons. The van der Waals surface area contributed by atoms with E-state index in [1.807, 2.05) is 36.4 Å². The van der Waals surface area contributed by atoms with Crippen molar-refractivity contribution in [2.24, 2.45) is 0 Å². The Kier molecular flexibility index (Phi) is 5.05. The van der Waals surface area contributed by atoms with Gasteiger partial charge in [0.05, 0.1) is 5.39 Å². The Bertz CT molecular complexity index is 815. The first kappa shape index (κ1) is 16.0. The third kappa shape index (κ3) is 3.90. The van der Waals surface area contributed by atoms with Crippen molar-refractivity contribution in [3.63, 3.8) is 0 Å². The number of aliphatic carboxylic acids is 1. The molecule has 0 saturated heterocycles. The van der Waals surface area contributed by atoms with Crippen LogP contribution in [0.2, 0.25) is 0 Å². The summed E-state index contributed by atoms with van der Waals surface area (Å²) >= 11 is 0. The van der Waals surface area contributed by atoms with Crippen LogP contribution in [-0.2, 0) is 4.79 Å². The summed E-state index contributed by atoms with van der Waals surface area (Å²) in [5.41, 5.74) is 1.55. The van der Waals surface area contributed by atoms with E-state index in [0.29, 0.717) is 12.1 Å². The van der Waals surface area contributed by atoms with E-state index in [1.54, 1.807) is 0 Å². The summed E-state index contributed by atoms with van der Waals surface area (Å²) in [6, 6.07) is 11.8. The lowest BCUT2D eigenvalue weighted by atomic mass is 10.1. The molecular formula is C18H19N3O3. The zero-order chi connectivity index (χ0) is 16.8. The zero-order valence-corrected chi connectivity index (χ0v) is 13.2. The molecule has 24 heavy (non-hydrogen) atoms. The molecule has 2 heterocycles. The number of hydrogen-bond acceptors (Lipinski definition) is 5. The molecule has 0 bridgehead atoms. The Morgan fingerprint density at radius 2 is 1.96 bits per heavy atom. The fraction of sp³-hybridized carbons (Fsp3) is 0.278. The van der Waals surface area contributed by atoms with E-state index in [2.05, 4.69) is 15.3 Å². The number of carbonyl (C=O) groups is 1. The number of nitrogens with one attached hydrogen (secondary N) is 1. The van der Waals surface area contributed by atoms with E-state index < -0.39 is 5.97 Å². The van der Waals surface area contributed by atoms with Crippen molar-refractivity contribution in [1.29, 1.82) is 0 Å². The number of carboxylic acids is 1. The van der Waals surface area contributed by atoms with Crippen molar-refractivity contribution in [3.8, 4) is 11.3 Å². The zero-order valence-electron chi connectivity index (χ0n) is 13.2. The monoisotopic (exact) mass is 325 g/mol. The van der Waals surface area contributed by atoms with Gasteiger partial charge in [-0.3, -0.25) is 4.79 Å². The first-order valence-corrected chi connectivity index (χ1v) is 7.99. The number of carboxylic acid groups (broad SMARTS) is 1. The molecule has 0 aliphatic rings. The molecule has 3 aromatic rings. The van der Waals surface area contributed by atoms with Crippen molar-refractivity contribution >= 4 is 22.9 Å². The lowest BCUT2D eigenvalue weighted by molar-refractivity contribution is -0.137. The number of anilines is 1. The average Bonchev–Trinajstić information content (AvgIpc) is 3.03. The van der Waals surface area contributed by atoms with Crippen molar-refractivity contribution < 1.29 is 14.3 Å². The molecule has 0 atom stereocenters. The van der Waals surface area contributed by atoms with Gasteiger partial charge in [0.25, 0.3) is 0 Å². The third-order valence-corrected chi connectivity index (χ3v) is 3.75. The van der Waals surface area contributed by atoms with Crippen LogP contribution in [0, 0.1) is 0 Å². The second-order valence-corrected chi connectivity index (χ2v) is 5.55. The van der Waals surface area contributed by atoms with Gasteiger partial charge in [0, 0.05) is 18.5 Å². The van der Waals surface area contributed by atoms with Crippen LogP contribution >= 0.6 is 0 Å². The van der Waals surface area contributed by atoms with Crippen LogP contribution in [0.5, 0.6) is 0 Å². The van der Waals surface area contributed by atoms with Crippen molar-refractivity contribution in [2.75, 3.05) is 11.9 Å². The number of hydrogen-bond donors (Lipinski definition) is 2. The number of aromatic nitrogens is 2. The molecule has 6 nitrogen and oxygen atoms in total. The first-order chi connectivity index (χ1) is 11.7. The van der Waals surface area contributed by atoms with Gasteiger partial charge in [-0.2, -0.15) is 0 Å². The van der Waals surface area contributed by atoms with Gasteiger partial charge < -0.3 is 14.8 Å². The van der Waals surface area contributed by atoms with Crippen LogP contribution < -0.4 is 5.32 Å². The Hall–Kier alpha value is -2.89. The maximum Gasteiger partial charge on any atom is 0.303 e. The Morgan fingerprint density at radius 1 is 1.12 bits per heavy atom. The van der Waals surface area contributed by atoms with Gasteiger partial charge in [0.2, 0.25) is 5.71 Å². The molecule has 0 spiro atoms. The summed E-state index contributed by atoms with van der Waals surface area (Å²) in [5, 5.41) is 12.8. The van der Waals surface area contributed by atoms with E-state index in [4.69, 9.17) is 9.52 Å². The van der Waals surface area contributed by atoms with Gasteiger partial charge in [0.15, 0.2) is 0 Å². The minimum absolute atomic E-state index is 0.222. The molecule has 2 N–H and O–H groups in total. The predicted octanol–water partition coefficient (Wildman–Crippen LogP) is 3.95. The molecule has 0 aliphatic heterocycles. The fourth-order valence-electron chi connectivity index (χ4n) is 2.53.